The molecule has 43 heavy (non-hydrogen) atoms. The zero-order valence-corrected chi connectivity index (χ0v) is 25.1. The molecule has 2 heterocycles. The van der Waals surface area contributed by atoms with Gasteiger partial charge in [-0.15, -0.1) is 11.3 Å². The van der Waals surface area contributed by atoms with Gasteiger partial charge in [-0.05, 0) is 49.4 Å². The third-order valence-electron chi connectivity index (χ3n) is 8.48. The van der Waals surface area contributed by atoms with Crippen LogP contribution in [0.2, 0.25) is 0 Å². The van der Waals surface area contributed by atoms with Crippen molar-refractivity contribution in [2.24, 2.45) is 5.73 Å². The number of aryl methyl sites for hydroxylation is 1. The summed E-state index contributed by atoms with van der Waals surface area (Å²) in [5.41, 5.74) is 13.0. The first-order valence-corrected chi connectivity index (χ1v) is 15.3. The highest BCUT2D eigenvalue weighted by Gasteiger charge is 2.51. The maximum atomic E-state index is 13.6. The number of hydrogen-bond donors (Lipinski definition) is 2. The molecule has 5 aromatic rings. The van der Waals surface area contributed by atoms with Crippen molar-refractivity contribution in [3.8, 4) is 10.6 Å². The molecule has 1 aliphatic rings. The van der Waals surface area contributed by atoms with Gasteiger partial charge in [0.25, 0.3) is 0 Å². The lowest BCUT2D eigenvalue weighted by atomic mass is 9.95. The zero-order chi connectivity index (χ0) is 30.1. The molecule has 8 heteroatoms. The first kappa shape index (κ1) is 28.6. The Morgan fingerprint density at radius 1 is 1.00 bits per heavy atom. The topological polar surface area (TPSA) is 101 Å². The van der Waals surface area contributed by atoms with E-state index >= 15 is 0 Å². The zero-order valence-electron chi connectivity index (χ0n) is 24.2. The predicted molar refractivity (Wildman–Crippen MR) is 169 cm³/mol. The standard InChI is InChI=1S/C35H34N4O3S/c1-23-19-30(24(2)38(23)21-29-22-43-33(37-29)27-11-7-4-8-12-27)32(40)31(36)26-13-15-28(16-14-26)35(17-18-35)39(34(41)42)20-25-9-5-3-6-10-25/h3-16,19,22,31H,17-18,20-21,36H2,1-2H3,(H,41,42). The molecule has 1 amide bonds. The van der Waals surface area contributed by atoms with Crippen molar-refractivity contribution in [3.63, 3.8) is 0 Å². The molecule has 1 fully saturated rings. The molecule has 1 aliphatic carbocycles. The normalized spacial score (nSPS) is 14.3. The van der Waals surface area contributed by atoms with E-state index in [0.717, 1.165) is 51.6 Å². The number of carbonyl (C=O) groups is 2. The number of thiazole rings is 1. The molecule has 0 spiro atoms. The van der Waals surface area contributed by atoms with Gasteiger partial charge >= 0.3 is 6.09 Å². The van der Waals surface area contributed by atoms with Crippen molar-refractivity contribution in [1.82, 2.24) is 14.5 Å². The second-order valence-electron chi connectivity index (χ2n) is 11.2. The Morgan fingerprint density at radius 3 is 2.28 bits per heavy atom. The van der Waals surface area contributed by atoms with E-state index < -0.39 is 17.7 Å². The maximum absolute atomic E-state index is 13.6. The van der Waals surface area contributed by atoms with E-state index in [1.807, 2.05) is 92.7 Å². The van der Waals surface area contributed by atoms with Crippen LogP contribution in [0.3, 0.4) is 0 Å². The van der Waals surface area contributed by atoms with Gasteiger partial charge in [-0.1, -0.05) is 84.9 Å². The Morgan fingerprint density at radius 2 is 1.65 bits per heavy atom. The van der Waals surface area contributed by atoms with Crippen molar-refractivity contribution < 1.29 is 14.7 Å². The fourth-order valence-electron chi connectivity index (χ4n) is 5.87. The lowest BCUT2D eigenvalue weighted by molar-refractivity contribution is 0.0960. The molecule has 3 N–H and O–H groups in total. The third kappa shape index (κ3) is 5.63. The van der Waals surface area contributed by atoms with Gasteiger partial charge < -0.3 is 15.4 Å². The van der Waals surface area contributed by atoms with Crippen LogP contribution in [0.25, 0.3) is 10.6 Å². The van der Waals surface area contributed by atoms with Gasteiger partial charge in [0.1, 0.15) is 5.01 Å². The van der Waals surface area contributed by atoms with Crippen LogP contribution in [0.1, 0.15) is 63.0 Å². The molecule has 6 rings (SSSR count). The Balaban J connectivity index is 1.18. The van der Waals surface area contributed by atoms with Crippen LogP contribution in [0.4, 0.5) is 4.79 Å². The summed E-state index contributed by atoms with van der Waals surface area (Å²) in [7, 11) is 0. The monoisotopic (exact) mass is 590 g/mol. The van der Waals surface area contributed by atoms with Crippen LogP contribution >= 0.6 is 11.3 Å². The van der Waals surface area contributed by atoms with E-state index in [0.29, 0.717) is 24.2 Å². The fraction of sp³-hybridized carbons (Fsp3) is 0.229. The minimum absolute atomic E-state index is 0.146. The Labute approximate surface area is 255 Å². The van der Waals surface area contributed by atoms with Gasteiger partial charge in [-0.25, -0.2) is 9.78 Å². The number of hydrogen-bond acceptors (Lipinski definition) is 5. The molecule has 7 nitrogen and oxygen atoms in total. The molecule has 1 saturated carbocycles. The quantitative estimate of drug-likeness (QED) is 0.166. The molecule has 0 bridgehead atoms. The van der Waals surface area contributed by atoms with Gasteiger partial charge in [0.05, 0.1) is 23.8 Å². The number of nitrogens with two attached hydrogens (primary N) is 1. The highest BCUT2D eigenvalue weighted by molar-refractivity contribution is 7.13. The van der Waals surface area contributed by atoms with E-state index in [-0.39, 0.29) is 5.78 Å². The van der Waals surface area contributed by atoms with Gasteiger partial charge in [0, 0.05) is 34.4 Å². The van der Waals surface area contributed by atoms with E-state index in [2.05, 4.69) is 22.1 Å². The van der Waals surface area contributed by atoms with Crippen LogP contribution in [-0.2, 0) is 18.6 Å². The van der Waals surface area contributed by atoms with Gasteiger partial charge in [0.2, 0.25) is 0 Å². The number of aromatic nitrogens is 2. The summed E-state index contributed by atoms with van der Waals surface area (Å²) in [5, 5.41) is 13.1. The smallest absolute Gasteiger partial charge is 0.408 e. The number of ketones is 1. The molecule has 0 aliphatic heterocycles. The molecule has 1 atom stereocenters. The summed E-state index contributed by atoms with van der Waals surface area (Å²) in [6.07, 6.45) is 0.573. The van der Waals surface area contributed by atoms with Gasteiger partial charge in [-0.2, -0.15) is 0 Å². The van der Waals surface area contributed by atoms with Crippen molar-refractivity contribution in [2.45, 2.75) is 51.4 Å². The molecule has 1 unspecified atom stereocenters. The highest BCUT2D eigenvalue weighted by Crippen LogP contribution is 2.51. The Kier molecular flexibility index (Phi) is 7.73. The van der Waals surface area contributed by atoms with Crippen LogP contribution in [0.5, 0.6) is 0 Å². The van der Waals surface area contributed by atoms with Crippen molar-refractivity contribution in [1.29, 1.82) is 0 Å². The predicted octanol–water partition coefficient (Wildman–Crippen LogP) is 7.33. The first-order valence-electron chi connectivity index (χ1n) is 14.4. The molecular formula is C35H34N4O3S. The fourth-order valence-corrected chi connectivity index (χ4v) is 6.69. The van der Waals surface area contributed by atoms with Gasteiger partial charge in [0.15, 0.2) is 5.78 Å². The number of amides is 1. The minimum atomic E-state index is -0.943. The number of carbonyl (C=O) groups excluding carboxylic acids is 1. The second kappa shape index (κ2) is 11.6. The van der Waals surface area contributed by atoms with Crippen molar-refractivity contribution in [2.75, 3.05) is 0 Å². The van der Waals surface area contributed by atoms with E-state index in [1.54, 1.807) is 11.3 Å². The summed E-state index contributed by atoms with van der Waals surface area (Å²) in [6.45, 7) is 4.83. The van der Waals surface area contributed by atoms with Crippen LogP contribution in [-0.4, -0.2) is 31.4 Å². The summed E-state index contributed by atoms with van der Waals surface area (Å²) in [6, 6.07) is 28.4. The largest absolute Gasteiger partial charge is 0.465 e. The summed E-state index contributed by atoms with van der Waals surface area (Å²) in [4.78, 5) is 32.3. The summed E-state index contributed by atoms with van der Waals surface area (Å²) < 4.78 is 2.11. The van der Waals surface area contributed by atoms with E-state index in [4.69, 9.17) is 10.7 Å². The molecule has 218 valence electrons. The van der Waals surface area contributed by atoms with Crippen LogP contribution in [0.15, 0.2) is 96.4 Å². The lowest BCUT2D eigenvalue weighted by Gasteiger charge is -2.30. The van der Waals surface area contributed by atoms with Crippen molar-refractivity contribution in [3.05, 3.63) is 136 Å². The average molecular weight is 591 g/mol. The van der Waals surface area contributed by atoms with Crippen LogP contribution < -0.4 is 5.73 Å². The third-order valence-corrected chi connectivity index (χ3v) is 9.42. The number of Topliss-reactive ketones (excluding diaryl/α,β-unsaturated/α-hetero) is 1. The van der Waals surface area contributed by atoms with Crippen LogP contribution in [0, 0.1) is 13.8 Å². The minimum Gasteiger partial charge on any atom is -0.465 e. The van der Waals surface area contributed by atoms with Gasteiger partial charge in [-0.3, -0.25) is 9.69 Å². The summed E-state index contributed by atoms with van der Waals surface area (Å²) in [5.74, 6) is -0.146. The number of nitrogens with zero attached hydrogens (tertiary/aromatic N) is 3. The Hall–Kier alpha value is -4.53. The average Bonchev–Trinajstić information content (AvgIpc) is 3.61. The second-order valence-corrected chi connectivity index (χ2v) is 12.1. The lowest BCUT2D eigenvalue weighted by Crippen LogP contribution is -2.39. The number of benzene rings is 3. The first-order chi connectivity index (χ1) is 20.8. The van der Waals surface area contributed by atoms with Crippen molar-refractivity contribution >= 4 is 23.2 Å². The maximum Gasteiger partial charge on any atom is 0.408 e. The molecule has 2 aromatic heterocycles. The van der Waals surface area contributed by atoms with E-state index in [9.17, 15) is 14.7 Å². The Bertz CT molecular complexity index is 1760. The number of rotatable bonds is 10. The molecule has 0 saturated heterocycles. The number of carboxylic acid groups (broad SMARTS) is 1. The SMILES string of the molecule is Cc1cc(C(=O)C(N)c2ccc(C3(N(Cc4ccccc4)C(=O)O)CC3)cc2)c(C)n1Cc1csc(-c2ccccc2)n1. The summed E-state index contributed by atoms with van der Waals surface area (Å²) >= 11 is 1.61. The van der Waals surface area contributed by atoms with E-state index in [1.165, 1.54) is 4.90 Å². The molecular weight excluding hydrogens is 556 g/mol. The molecule has 3 aromatic carbocycles. The molecule has 0 radical (unpaired) electrons. The highest BCUT2D eigenvalue weighted by atomic mass is 32.1.